The summed E-state index contributed by atoms with van der Waals surface area (Å²) in [5.41, 5.74) is -0.478. The molecule has 116 valence electrons. The molecule has 1 saturated heterocycles. The Morgan fingerprint density at radius 2 is 2.19 bits per heavy atom. The van der Waals surface area contributed by atoms with Crippen molar-refractivity contribution >= 4 is 5.97 Å². The summed E-state index contributed by atoms with van der Waals surface area (Å²) in [7, 11) is 0. The Morgan fingerprint density at radius 1 is 1.48 bits per heavy atom. The summed E-state index contributed by atoms with van der Waals surface area (Å²) in [6.45, 7) is 5.96. The Kier molecular flexibility index (Phi) is 4.61. The van der Waals surface area contributed by atoms with E-state index in [0.717, 1.165) is 6.07 Å². The summed E-state index contributed by atoms with van der Waals surface area (Å²) in [4.78, 5) is 11.5. The Morgan fingerprint density at radius 3 is 2.81 bits per heavy atom. The van der Waals surface area contributed by atoms with Crippen LogP contribution in [0.2, 0.25) is 0 Å². The number of carbonyl (C=O) groups excluding carboxylic acids is 1. The van der Waals surface area contributed by atoms with Gasteiger partial charge < -0.3 is 9.47 Å². The lowest BCUT2D eigenvalue weighted by atomic mass is 9.89. The van der Waals surface area contributed by atoms with E-state index in [1.807, 2.05) is 0 Å². The van der Waals surface area contributed by atoms with Crippen molar-refractivity contribution in [3.8, 4) is 0 Å². The molecular weight excluding hydrogens is 278 g/mol. The molecule has 1 aromatic carbocycles. The van der Waals surface area contributed by atoms with Crippen LogP contribution < -0.4 is 0 Å². The SMILES string of the molecule is CC(C)C(=O)OC[C@@H]1COC(C)(c2ccc(F)cc2F)C1. The van der Waals surface area contributed by atoms with Gasteiger partial charge in [0.25, 0.3) is 0 Å². The second-order valence-electron chi connectivity index (χ2n) is 6.02. The van der Waals surface area contributed by atoms with Crippen LogP contribution in [0, 0.1) is 23.5 Å². The van der Waals surface area contributed by atoms with Crippen LogP contribution in [-0.2, 0) is 19.9 Å². The van der Waals surface area contributed by atoms with Crippen LogP contribution in [0.15, 0.2) is 18.2 Å². The average Bonchev–Trinajstić information content (AvgIpc) is 2.78. The lowest BCUT2D eigenvalue weighted by molar-refractivity contribution is -0.148. The Balaban J connectivity index is 2.01. The molecule has 1 fully saturated rings. The highest BCUT2D eigenvalue weighted by molar-refractivity contribution is 5.71. The molecule has 0 radical (unpaired) electrons. The maximum Gasteiger partial charge on any atom is 0.308 e. The Hall–Kier alpha value is -1.49. The number of esters is 1. The quantitative estimate of drug-likeness (QED) is 0.799. The van der Waals surface area contributed by atoms with Gasteiger partial charge in [0.05, 0.1) is 24.7 Å². The van der Waals surface area contributed by atoms with Crippen molar-refractivity contribution in [1.29, 1.82) is 0 Å². The Labute approximate surface area is 123 Å². The van der Waals surface area contributed by atoms with Gasteiger partial charge >= 0.3 is 5.97 Å². The van der Waals surface area contributed by atoms with Crippen molar-refractivity contribution in [2.75, 3.05) is 13.2 Å². The van der Waals surface area contributed by atoms with Gasteiger partial charge in [0.2, 0.25) is 0 Å². The highest BCUT2D eigenvalue weighted by atomic mass is 19.1. The van der Waals surface area contributed by atoms with E-state index in [-0.39, 0.29) is 24.4 Å². The summed E-state index contributed by atoms with van der Waals surface area (Å²) in [6, 6.07) is 3.49. The minimum absolute atomic E-state index is 0.0159. The van der Waals surface area contributed by atoms with Crippen LogP contribution in [-0.4, -0.2) is 19.2 Å². The third-order valence-corrected chi connectivity index (χ3v) is 3.75. The molecule has 21 heavy (non-hydrogen) atoms. The van der Waals surface area contributed by atoms with E-state index in [2.05, 4.69) is 0 Å². The monoisotopic (exact) mass is 298 g/mol. The van der Waals surface area contributed by atoms with Crippen LogP contribution >= 0.6 is 0 Å². The molecule has 0 aromatic heterocycles. The number of halogens is 2. The fraction of sp³-hybridized carbons (Fsp3) is 0.562. The van der Waals surface area contributed by atoms with Crippen molar-refractivity contribution in [3.05, 3.63) is 35.4 Å². The van der Waals surface area contributed by atoms with E-state index in [4.69, 9.17) is 9.47 Å². The second kappa shape index (κ2) is 6.10. The average molecular weight is 298 g/mol. The molecule has 1 unspecified atom stereocenters. The maximum atomic E-state index is 13.9. The van der Waals surface area contributed by atoms with Crippen molar-refractivity contribution in [2.24, 2.45) is 11.8 Å². The molecule has 0 spiro atoms. The fourth-order valence-corrected chi connectivity index (χ4v) is 2.55. The zero-order valence-corrected chi connectivity index (χ0v) is 12.5. The molecule has 0 aliphatic carbocycles. The number of hydrogen-bond donors (Lipinski definition) is 0. The summed E-state index contributed by atoms with van der Waals surface area (Å²) >= 11 is 0. The summed E-state index contributed by atoms with van der Waals surface area (Å²) in [5.74, 6) is -1.63. The molecule has 1 aliphatic rings. The van der Waals surface area contributed by atoms with Crippen LogP contribution in [0.5, 0.6) is 0 Å². The molecule has 0 amide bonds. The van der Waals surface area contributed by atoms with Gasteiger partial charge in [-0.05, 0) is 19.4 Å². The lowest BCUT2D eigenvalue weighted by Gasteiger charge is -2.24. The number of carbonyl (C=O) groups is 1. The Bertz CT molecular complexity index is 530. The topological polar surface area (TPSA) is 35.5 Å². The van der Waals surface area contributed by atoms with Crippen molar-refractivity contribution < 1.29 is 23.0 Å². The first-order valence-corrected chi connectivity index (χ1v) is 7.08. The molecule has 0 bridgehead atoms. The van der Waals surface area contributed by atoms with Gasteiger partial charge in [-0.25, -0.2) is 8.78 Å². The summed E-state index contributed by atoms with van der Waals surface area (Å²) in [5, 5.41) is 0. The van der Waals surface area contributed by atoms with Gasteiger partial charge in [-0.2, -0.15) is 0 Å². The normalized spacial score (nSPS) is 25.3. The molecule has 1 aromatic rings. The third kappa shape index (κ3) is 3.59. The maximum absolute atomic E-state index is 13.9. The highest BCUT2D eigenvalue weighted by Crippen LogP contribution is 2.40. The predicted molar refractivity (Wildman–Crippen MR) is 73.6 cm³/mol. The number of benzene rings is 1. The molecule has 0 N–H and O–H groups in total. The summed E-state index contributed by atoms with van der Waals surface area (Å²) < 4.78 is 37.8. The summed E-state index contributed by atoms with van der Waals surface area (Å²) in [6.07, 6.45) is 0.529. The lowest BCUT2D eigenvalue weighted by Crippen LogP contribution is -2.23. The van der Waals surface area contributed by atoms with Gasteiger partial charge in [-0.15, -0.1) is 0 Å². The molecule has 1 heterocycles. The largest absolute Gasteiger partial charge is 0.465 e. The zero-order valence-electron chi connectivity index (χ0n) is 12.5. The zero-order chi connectivity index (χ0) is 15.6. The first-order valence-electron chi connectivity index (χ1n) is 7.08. The first kappa shape index (κ1) is 15.9. The molecule has 1 aliphatic heterocycles. The molecule has 2 rings (SSSR count). The van der Waals surface area contributed by atoms with Gasteiger partial charge in [0.1, 0.15) is 11.6 Å². The van der Waals surface area contributed by atoms with Gasteiger partial charge in [0, 0.05) is 17.5 Å². The van der Waals surface area contributed by atoms with Crippen LogP contribution in [0.3, 0.4) is 0 Å². The minimum Gasteiger partial charge on any atom is -0.465 e. The highest BCUT2D eigenvalue weighted by Gasteiger charge is 2.40. The molecule has 2 atom stereocenters. The van der Waals surface area contributed by atoms with E-state index in [1.165, 1.54) is 12.1 Å². The first-order chi connectivity index (χ1) is 9.82. The molecule has 0 saturated carbocycles. The fourth-order valence-electron chi connectivity index (χ4n) is 2.55. The van der Waals surface area contributed by atoms with Crippen LogP contribution in [0.4, 0.5) is 8.78 Å². The van der Waals surface area contributed by atoms with Crippen LogP contribution in [0.1, 0.15) is 32.8 Å². The van der Waals surface area contributed by atoms with E-state index in [0.29, 0.717) is 18.6 Å². The van der Waals surface area contributed by atoms with E-state index >= 15 is 0 Å². The standard InChI is InChI=1S/C16H20F2O3/c1-10(2)15(19)20-8-11-7-16(3,21-9-11)13-5-4-12(17)6-14(13)18/h4-6,10-11H,7-9H2,1-3H3/t11-,16?/m1/s1. The van der Waals surface area contributed by atoms with Crippen molar-refractivity contribution in [2.45, 2.75) is 32.8 Å². The van der Waals surface area contributed by atoms with E-state index in [9.17, 15) is 13.6 Å². The number of hydrogen-bond acceptors (Lipinski definition) is 3. The molecular formula is C16H20F2O3. The van der Waals surface area contributed by atoms with Gasteiger partial charge in [-0.1, -0.05) is 19.9 Å². The van der Waals surface area contributed by atoms with Gasteiger partial charge in [0.15, 0.2) is 0 Å². The third-order valence-electron chi connectivity index (χ3n) is 3.75. The van der Waals surface area contributed by atoms with Crippen molar-refractivity contribution in [3.63, 3.8) is 0 Å². The van der Waals surface area contributed by atoms with Gasteiger partial charge in [-0.3, -0.25) is 4.79 Å². The minimum atomic E-state index is -0.813. The predicted octanol–water partition coefficient (Wildman–Crippen LogP) is 3.42. The smallest absolute Gasteiger partial charge is 0.308 e. The molecule has 3 nitrogen and oxygen atoms in total. The van der Waals surface area contributed by atoms with E-state index < -0.39 is 17.2 Å². The van der Waals surface area contributed by atoms with E-state index in [1.54, 1.807) is 20.8 Å². The number of ether oxygens (including phenoxy) is 2. The van der Waals surface area contributed by atoms with Crippen LogP contribution in [0.25, 0.3) is 0 Å². The second-order valence-corrected chi connectivity index (χ2v) is 6.02. The van der Waals surface area contributed by atoms with Crippen molar-refractivity contribution in [1.82, 2.24) is 0 Å². The molecule has 5 heteroatoms. The number of rotatable bonds is 4.